The fourth-order valence-corrected chi connectivity index (χ4v) is 3.00. The Balaban J connectivity index is 1.68. The molecule has 1 atom stereocenters. The molecular formula is C15H22N2. The van der Waals surface area contributed by atoms with E-state index in [0.717, 1.165) is 12.6 Å². The smallest absolute Gasteiger partial charge is 0.0373 e. The Morgan fingerprint density at radius 2 is 1.94 bits per heavy atom. The van der Waals surface area contributed by atoms with Gasteiger partial charge in [-0.3, -0.25) is 4.90 Å². The quantitative estimate of drug-likeness (QED) is 0.840. The number of hydrogen-bond donors (Lipinski definition) is 1. The molecule has 2 aliphatic rings. The summed E-state index contributed by atoms with van der Waals surface area (Å²) in [5, 5.41) is 3.62. The van der Waals surface area contributed by atoms with Crippen LogP contribution in [0, 0.1) is 0 Å². The Morgan fingerprint density at radius 1 is 1.12 bits per heavy atom. The third-order valence-corrected chi connectivity index (χ3v) is 4.52. The minimum atomic E-state index is 0.702. The lowest BCUT2D eigenvalue weighted by atomic mass is 9.90. The van der Waals surface area contributed by atoms with E-state index in [9.17, 15) is 0 Å². The summed E-state index contributed by atoms with van der Waals surface area (Å²) in [4.78, 5) is 2.61. The van der Waals surface area contributed by atoms with Crippen LogP contribution in [0.3, 0.4) is 0 Å². The van der Waals surface area contributed by atoms with Crippen molar-refractivity contribution < 1.29 is 0 Å². The van der Waals surface area contributed by atoms with E-state index in [4.69, 9.17) is 0 Å². The molecule has 2 heteroatoms. The first-order chi connectivity index (χ1) is 8.34. The zero-order chi connectivity index (χ0) is 11.7. The molecule has 2 nitrogen and oxygen atoms in total. The summed E-state index contributed by atoms with van der Waals surface area (Å²) in [6, 6.07) is 10.3. The summed E-state index contributed by atoms with van der Waals surface area (Å²) in [5.41, 5.74) is 2.83. The van der Waals surface area contributed by atoms with Crippen LogP contribution in [0.1, 0.15) is 31.2 Å². The number of para-hydroxylation sites is 1. The van der Waals surface area contributed by atoms with E-state index in [0.29, 0.717) is 6.04 Å². The molecule has 0 radical (unpaired) electrons. The molecule has 92 valence electrons. The van der Waals surface area contributed by atoms with Crippen LogP contribution in [0.2, 0.25) is 0 Å². The van der Waals surface area contributed by atoms with Crippen molar-refractivity contribution in [1.82, 2.24) is 4.90 Å². The first-order valence-electron chi connectivity index (χ1n) is 6.88. The fourth-order valence-electron chi connectivity index (χ4n) is 3.00. The molecule has 0 bridgehead atoms. The fraction of sp³-hybridized carbons (Fsp3) is 0.600. The average Bonchev–Trinajstić information content (AvgIpc) is 2.49. The summed E-state index contributed by atoms with van der Waals surface area (Å²) >= 11 is 0. The molecule has 0 amide bonds. The van der Waals surface area contributed by atoms with Crippen molar-refractivity contribution in [1.29, 1.82) is 0 Å². The topological polar surface area (TPSA) is 15.3 Å². The maximum Gasteiger partial charge on any atom is 0.0373 e. The molecule has 17 heavy (non-hydrogen) atoms. The van der Waals surface area contributed by atoms with Crippen LogP contribution in [0.15, 0.2) is 24.3 Å². The van der Waals surface area contributed by atoms with Crippen LogP contribution in [-0.4, -0.2) is 30.6 Å². The van der Waals surface area contributed by atoms with Gasteiger partial charge in [0.2, 0.25) is 0 Å². The zero-order valence-electron chi connectivity index (χ0n) is 10.7. The van der Waals surface area contributed by atoms with E-state index in [-0.39, 0.29) is 0 Å². The lowest BCUT2D eigenvalue weighted by Gasteiger charge is -2.39. The highest BCUT2D eigenvalue weighted by Crippen LogP contribution is 2.28. The lowest BCUT2D eigenvalue weighted by Crippen LogP contribution is -2.46. The van der Waals surface area contributed by atoms with Crippen molar-refractivity contribution >= 4 is 5.69 Å². The van der Waals surface area contributed by atoms with Gasteiger partial charge >= 0.3 is 0 Å². The third-order valence-electron chi connectivity index (χ3n) is 4.52. The third kappa shape index (κ3) is 2.19. The van der Waals surface area contributed by atoms with Gasteiger partial charge in [-0.2, -0.15) is 0 Å². The van der Waals surface area contributed by atoms with Crippen LogP contribution in [-0.2, 0) is 6.42 Å². The molecular weight excluding hydrogens is 208 g/mol. The van der Waals surface area contributed by atoms with Crippen LogP contribution in [0.4, 0.5) is 5.69 Å². The van der Waals surface area contributed by atoms with Crippen molar-refractivity contribution in [2.75, 3.05) is 18.9 Å². The van der Waals surface area contributed by atoms with Gasteiger partial charge < -0.3 is 5.32 Å². The number of rotatable bonds is 2. The second-order valence-corrected chi connectivity index (χ2v) is 5.48. The molecule has 1 unspecified atom stereocenters. The first kappa shape index (κ1) is 11.1. The van der Waals surface area contributed by atoms with Crippen LogP contribution < -0.4 is 5.32 Å². The van der Waals surface area contributed by atoms with Crippen molar-refractivity contribution in [3.8, 4) is 0 Å². The first-order valence-corrected chi connectivity index (χ1v) is 6.88. The number of likely N-dealkylation sites (N-methyl/N-ethyl adjacent to an activating group) is 1. The van der Waals surface area contributed by atoms with E-state index in [1.807, 2.05) is 0 Å². The second kappa shape index (κ2) is 4.69. The van der Waals surface area contributed by atoms with Gasteiger partial charge in [-0.25, -0.2) is 0 Å². The van der Waals surface area contributed by atoms with E-state index in [1.54, 1.807) is 0 Å². The number of fused-ring (bicyclic) bond motifs is 1. The molecule has 3 rings (SSSR count). The maximum absolute atomic E-state index is 3.62. The predicted octanol–water partition coefficient (Wildman–Crippen LogP) is 2.90. The van der Waals surface area contributed by atoms with Gasteiger partial charge in [0.1, 0.15) is 0 Å². The Kier molecular flexibility index (Phi) is 3.06. The summed E-state index contributed by atoms with van der Waals surface area (Å²) in [5.74, 6) is 0. The standard InChI is InChI=1S/C15H22N2/c1-17(13-6-4-7-13)14-10-9-12-5-2-3-8-15(12)16-11-14/h2-3,5,8,13-14,16H,4,6-7,9-11H2,1H3. The summed E-state index contributed by atoms with van der Waals surface area (Å²) in [7, 11) is 2.31. The number of aryl methyl sites for hydroxylation is 1. The summed E-state index contributed by atoms with van der Waals surface area (Å²) in [6.07, 6.45) is 6.73. The van der Waals surface area contributed by atoms with Crippen molar-refractivity contribution in [3.63, 3.8) is 0 Å². The number of nitrogens with one attached hydrogen (secondary N) is 1. The van der Waals surface area contributed by atoms with Gasteiger partial charge in [-0.15, -0.1) is 0 Å². The minimum absolute atomic E-state index is 0.702. The monoisotopic (exact) mass is 230 g/mol. The van der Waals surface area contributed by atoms with Gasteiger partial charge in [-0.1, -0.05) is 24.6 Å². The molecule has 1 aromatic carbocycles. The van der Waals surface area contributed by atoms with Crippen LogP contribution >= 0.6 is 0 Å². The molecule has 1 fully saturated rings. The van der Waals surface area contributed by atoms with E-state index in [1.165, 1.54) is 43.4 Å². The average molecular weight is 230 g/mol. The van der Waals surface area contributed by atoms with Gasteiger partial charge in [-0.05, 0) is 44.4 Å². The Bertz CT molecular complexity index is 357. The number of benzene rings is 1. The largest absolute Gasteiger partial charge is 0.383 e. The number of nitrogens with zero attached hydrogens (tertiary/aromatic N) is 1. The molecule has 1 saturated carbocycles. The van der Waals surface area contributed by atoms with Gasteiger partial charge in [0.25, 0.3) is 0 Å². The second-order valence-electron chi connectivity index (χ2n) is 5.48. The molecule has 1 aromatic rings. The van der Waals surface area contributed by atoms with Gasteiger partial charge in [0, 0.05) is 24.3 Å². The highest BCUT2D eigenvalue weighted by atomic mass is 15.2. The molecule has 1 N–H and O–H groups in total. The molecule has 1 aliphatic heterocycles. The molecule has 1 heterocycles. The van der Waals surface area contributed by atoms with E-state index < -0.39 is 0 Å². The summed E-state index contributed by atoms with van der Waals surface area (Å²) in [6.45, 7) is 1.10. The van der Waals surface area contributed by atoms with Crippen molar-refractivity contribution in [2.45, 2.75) is 44.2 Å². The number of hydrogen-bond acceptors (Lipinski definition) is 2. The molecule has 0 saturated heterocycles. The molecule has 1 aliphatic carbocycles. The highest BCUT2D eigenvalue weighted by molar-refractivity contribution is 5.52. The van der Waals surface area contributed by atoms with Crippen LogP contribution in [0.5, 0.6) is 0 Å². The Labute approximate surface area is 104 Å². The molecule has 0 spiro atoms. The lowest BCUT2D eigenvalue weighted by molar-refractivity contribution is 0.111. The SMILES string of the molecule is CN(C1CCC1)C1CCc2ccccc2NC1. The maximum atomic E-state index is 3.62. The van der Waals surface area contributed by atoms with Crippen LogP contribution in [0.25, 0.3) is 0 Å². The van der Waals surface area contributed by atoms with Gasteiger partial charge in [0.05, 0.1) is 0 Å². The van der Waals surface area contributed by atoms with E-state index in [2.05, 4.69) is 41.5 Å². The highest BCUT2D eigenvalue weighted by Gasteiger charge is 2.28. The Hall–Kier alpha value is -1.02. The van der Waals surface area contributed by atoms with E-state index >= 15 is 0 Å². The number of anilines is 1. The normalized spacial score (nSPS) is 24.7. The van der Waals surface area contributed by atoms with Crippen molar-refractivity contribution in [3.05, 3.63) is 29.8 Å². The Morgan fingerprint density at radius 3 is 2.71 bits per heavy atom. The molecule has 0 aromatic heterocycles. The predicted molar refractivity (Wildman–Crippen MR) is 72.4 cm³/mol. The zero-order valence-corrected chi connectivity index (χ0v) is 10.7. The van der Waals surface area contributed by atoms with Crippen molar-refractivity contribution in [2.24, 2.45) is 0 Å². The summed E-state index contributed by atoms with van der Waals surface area (Å²) < 4.78 is 0. The minimum Gasteiger partial charge on any atom is -0.383 e. The van der Waals surface area contributed by atoms with Gasteiger partial charge in [0.15, 0.2) is 0 Å².